The number of carbonyl (C=O) groups excluding carboxylic acids is 1. The van der Waals surface area contributed by atoms with Gasteiger partial charge in [-0.2, -0.15) is 0 Å². The lowest BCUT2D eigenvalue weighted by Gasteiger charge is -2.25. The number of ether oxygens (including phenoxy) is 2. The highest BCUT2D eigenvalue weighted by Gasteiger charge is 2.12. The number of aryl methyl sites for hydroxylation is 2. The maximum atomic E-state index is 12.2. The van der Waals surface area contributed by atoms with Crippen LogP contribution in [0.25, 0.3) is 0 Å². The van der Waals surface area contributed by atoms with Gasteiger partial charge in [0.1, 0.15) is 13.2 Å². The molecule has 0 atom stereocenters. The minimum atomic E-state index is 0.0747. The Bertz CT molecular complexity index is 776. The third kappa shape index (κ3) is 5.16. The maximum Gasteiger partial charge on any atom is 0.220 e. The van der Waals surface area contributed by atoms with Crippen molar-refractivity contribution in [1.82, 2.24) is 5.32 Å². The number of nitrogens with zero attached hydrogens (tertiary/aromatic N) is 1. The molecule has 1 aliphatic rings. The average Bonchev–Trinajstić information content (AvgIpc) is 2.70. The number of nitrogens with one attached hydrogen (secondary N) is 1. The van der Waals surface area contributed by atoms with Gasteiger partial charge in [-0.15, -0.1) is 0 Å². The topological polar surface area (TPSA) is 50.8 Å². The number of para-hydroxylation sites is 1. The number of carbonyl (C=O) groups is 1. The van der Waals surface area contributed by atoms with Gasteiger partial charge in [-0.1, -0.05) is 24.3 Å². The number of fused-ring (bicyclic) bond motifs is 1. The van der Waals surface area contributed by atoms with E-state index in [-0.39, 0.29) is 5.91 Å². The fourth-order valence-corrected chi connectivity index (χ4v) is 3.29. The molecule has 2 aromatic carbocycles. The molecule has 0 saturated heterocycles. The van der Waals surface area contributed by atoms with E-state index in [1.165, 1.54) is 11.3 Å². The second-order valence-electron chi connectivity index (χ2n) is 6.69. The summed E-state index contributed by atoms with van der Waals surface area (Å²) >= 11 is 0. The predicted octanol–water partition coefficient (Wildman–Crippen LogP) is 3.34. The van der Waals surface area contributed by atoms with Gasteiger partial charge in [-0.3, -0.25) is 4.79 Å². The van der Waals surface area contributed by atoms with Crippen LogP contribution < -0.4 is 19.7 Å². The minimum absolute atomic E-state index is 0.0747. The Labute approximate surface area is 161 Å². The lowest BCUT2D eigenvalue weighted by molar-refractivity contribution is -0.120. The lowest BCUT2D eigenvalue weighted by atomic mass is 10.1. The Kier molecular flexibility index (Phi) is 6.58. The van der Waals surface area contributed by atoms with Gasteiger partial charge in [0.25, 0.3) is 0 Å². The Balaban J connectivity index is 1.44. The van der Waals surface area contributed by atoms with E-state index in [2.05, 4.69) is 42.3 Å². The smallest absolute Gasteiger partial charge is 0.220 e. The van der Waals surface area contributed by atoms with Crippen LogP contribution in [0, 0.1) is 6.92 Å². The quantitative estimate of drug-likeness (QED) is 0.776. The second-order valence-corrected chi connectivity index (χ2v) is 6.69. The fraction of sp³-hybridized carbons (Fsp3) is 0.409. The summed E-state index contributed by atoms with van der Waals surface area (Å²) in [6.45, 7) is 7.77. The van der Waals surface area contributed by atoms with Crippen molar-refractivity contribution in [1.29, 1.82) is 0 Å². The minimum Gasteiger partial charge on any atom is -0.486 e. The van der Waals surface area contributed by atoms with Gasteiger partial charge >= 0.3 is 0 Å². The number of hydrogen-bond donors (Lipinski definition) is 1. The Hall–Kier alpha value is -2.69. The maximum absolute atomic E-state index is 12.2. The molecule has 0 aliphatic carbocycles. The molecule has 144 valence electrons. The van der Waals surface area contributed by atoms with Crippen molar-refractivity contribution in [3.63, 3.8) is 0 Å². The summed E-state index contributed by atoms with van der Waals surface area (Å²) in [6.07, 6.45) is 1.16. The van der Waals surface area contributed by atoms with E-state index in [1.807, 2.05) is 24.3 Å². The van der Waals surface area contributed by atoms with E-state index in [0.29, 0.717) is 32.6 Å². The molecule has 0 radical (unpaired) electrons. The van der Waals surface area contributed by atoms with Crippen molar-refractivity contribution in [2.75, 3.05) is 37.7 Å². The summed E-state index contributed by atoms with van der Waals surface area (Å²) in [7, 11) is 0. The van der Waals surface area contributed by atoms with Gasteiger partial charge in [0.15, 0.2) is 11.5 Å². The molecule has 5 heteroatoms. The number of benzene rings is 2. The summed E-state index contributed by atoms with van der Waals surface area (Å²) in [5, 5.41) is 3.03. The first-order chi connectivity index (χ1) is 13.2. The Morgan fingerprint density at radius 1 is 1.11 bits per heavy atom. The fourth-order valence-electron chi connectivity index (χ4n) is 3.29. The first-order valence-electron chi connectivity index (χ1n) is 9.63. The van der Waals surface area contributed by atoms with Crippen molar-refractivity contribution in [3.05, 3.63) is 53.6 Å². The molecule has 1 heterocycles. The van der Waals surface area contributed by atoms with Crippen LogP contribution in [-0.2, 0) is 11.2 Å². The van der Waals surface area contributed by atoms with Crippen molar-refractivity contribution in [2.45, 2.75) is 26.7 Å². The highest BCUT2D eigenvalue weighted by Crippen LogP contribution is 2.31. The molecule has 3 rings (SSSR count). The molecule has 0 bridgehead atoms. The first kappa shape index (κ1) is 19.1. The van der Waals surface area contributed by atoms with Crippen LogP contribution in [0.4, 0.5) is 5.69 Å². The first-order valence-corrected chi connectivity index (χ1v) is 9.63. The molecule has 0 fully saturated rings. The molecule has 1 N–H and O–H groups in total. The van der Waals surface area contributed by atoms with E-state index < -0.39 is 0 Å². The van der Waals surface area contributed by atoms with Gasteiger partial charge < -0.3 is 19.7 Å². The zero-order valence-electron chi connectivity index (χ0n) is 16.2. The molecule has 5 nitrogen and oxygen atoms in total. The number of rotatable bonds is 8. The number of amides is 1. The van der Waals surface area contributed by atoms with Gasteiger partial charge in [0.05, 0.1) is 0 Å². The molecule has 0 aromatic heterocycles. The molecular weight excluding hydrogens is 340 g/mol. The van der Waals surface area contributed by atoms with Crippen molar-refractivity contribution in [3.8, 4) is 11.5 Å². The SMILES string of the molecule is CCN(CCNC(=O)CCc1ccc2c(c1)OCCO2)c1ccccc1C. The van der Waals surface area contributed by atoms with E-state index in [0.717, 1.165) is 30.2 Å². The summed E-state index contributed by atoms with van der Waals surface area (Å²) in [4.78, 5) is 14.5. The summed E-state index contributed by atoms with van der Waals surface area (Å²) in [6, 6.07) is 14.2. The molecule has 1 amide bonds. The zero-order chi connectivity index (χ0) is 19.1. The molecular formula is C22H28N2O3. The highest BCUT2D eigenvalue weighted by atomic mass is 16.6. The van der Waals surface area contributed by atoms with Gasteiger partial charge in [-0.05, 0) is 49.6 Å². The van der Waals surface area contributed by atoms with Crippen molar-refractivity contribution >= 4 is 11.6 Å². The molecule has 0 spiro atoms. The van der Waals surface area contributed by atoms with Crippen LogP contribution in [0.5, 0.6) is 11.5 Å². The van der Waals surface area contributed by atoms with Gasteiger partial charge in [0, 0.05) is 31.7 Å². The Morgan fingerprint density at radius 2 is 1.89 bits per heavy atom. The normalized spacial score (nSPS) is 12.5. The highest BCUT2D eigenvalue weighted by molar-refractivity contribution is 5.76. The predicted molar refractivity (Wildman–Crippen MR) is 108 cm³/mol. The number of anilines is 1. The monoisotopic (exact) mass is 368 g/mol. The van der Waals surface area contributed by atoms with Crippen LogP contribution in [0.2, 0.25) is 0 Å². The van der Waals surface area contributed by atoms with Crippen molar-refractivity contribution in [2.24, 2.45) is 0 Å². The average molecular weight is 368 g/mol. The van der Waals surface area contributed by atoms with Crippen LogP contribution in [-0.4, -0.2) is 38.8 Å². The Morgan fingerprint density at radius 3 is 2.67 bits per heavy atom. The van der Waals surface area contributed by atoms with Crippen LogP contribution in [0.1, 0.15) is 24.5 Å². The van der Waals surface area contributed by atoms with Crippen LogP contribution >= 0.6 is 0 Å². The van der Waals surface area contributed by atoms with Gasteiger partial charge in [-0.25, -0.2) is 0 Å². The number of hydrogen-bond acceptors (Lipinski definition) is 4. The van der Waals surface area contributed by atoms with Crippen molar-refractivity contribution < 1.29 is 14.3 Å². The molecule has 27 heavy (non-hydrogen) atoms. The molecule has 0 saturated carbocycles. The second kappa shape index (κ2) is 9.31. The van der Waals surface area contributed by atoms with Crippen LogP contribution in [0.3, 0.4) is 0 Å². The standard InChI is InChI=1S/C22H28N2O3/c1-3-24(19-7-5-4-6-17(19)2)13-12-23-22(25)11-9-18-8-10-20-21(16-18)27-15-14-26-20/h4-8,10,16H,3,9,11-15H2,1-2H3,(H,23,25). The van der Waals surface area contributed by atoms with Gasteiger partial charge in [0.2, 0.25) is 5.91 Å². The largest absolute Gasteiger partial charge is 0.486 e. The summed E-state index contributed by atoms with van der Waals surface area (Å²) in [5.41, 5.74) is 3.57. The lowest BCUT2D eigenvalue weighted by Crippen LogP contribution is -2.35. The molecule has 1 aliphatic heterocycles. The zero-order valence-corrected chi connectivity index (χ0v) is 16.2. The van der Waals surface area contributed by atoms with E-state index in [4.69, 9.17) is 9.47 Å². The molecule has 0 unspecified atom stereocenters. The van der Waals surface area contributed by atoms with Crippen LogP contribution in [0.15, 0.2) is 42.5 Å². The molecule has 2 aromatic rings. The third-order valence-corrected chi connectivity index (χ3v) is 4.79. The summed E-state index contributed by atoms with van der Waals surface area (Å²) in [5.74, 6) is 1.63. The van der Waals surface area contributed by atoms with E-state index in [9.17, 15) is 4.79 Å². The van der Waals surface area contributed by atoms with E-state index >= 15 is 0 Å². The third-order valence-electron chi connectivity index (χ3n) is 4.79. The summed E-state index contributed by atoms with van der Waals surface area (Å²) < 4.78 is 11.1. The number of likely N-dealkylation sites (N-methyl/N-ethyl adjacent to an activating group) is 1. The van der Waals surface area contributed by atoms with E-state index in [1.54, 1.807) is 0 Å².